The van der Waals surface area contributed by atoms with Crippen LogP contribution in [-0.4, -0.2) is 53.8 Å². The third kappa shape index (κ3) is 3.85. The van der Waals surface area contributed by atoms with Gasteiger partial charge in [0.05, 0.1) is 21.8 Å². The second-order valence-electron chi connectivity index (χ2n) is 6.40. The first kappa shape index (κ1) is 17.5. The average Bonchev–Trinajstić information content (AvgIpc) is 3.43. The Morgan fingerprint density at radius 3 is 2.46 bits per heavy atom. The van der Waals surface area contributed by atoms with E-state index in [0.717, 1.165) is 12.8 Å². The Kier molecular flexibility index (Phi) is 5.33. The predicted molar refractivity (Wildman–Crippen MR) is 95.4 cm³/mol. The van der Waals surface area contributed by atoms with Gasteiger partial charge in [0, 0.05) is 32.1 Å². The molecule has 1 heterocycles. The fraction of sp³-hybridized carbons (Fsp3) is 0.529. The van der Waals surface area contributed by atoms with Gasteiger partial charge in [-0.1, -0.05) is 29.3 Å². The molecule has 0 aromatic heterocycles. The lowest BCUT2D eigenvalue weighted by atomic mass is 10.2. The lowest BCUT2D eigenvalue weighted by molar-refractivity contribution is -0.135. The highest BCUT2D eigenvalue weighted by Crippen LogP contribution is 2.31. The van der Waals surface area contributed by atoms with Crippen LogP contribution < -0.4 is 5.32 Å². The van der Waals surface area contributed by atoms with Crippen molar-refractivity contribution in [2.45, 2.75) is 25.8 Å². The number of piperazine rings is 1. The van der Waals surface area contributed by atoms with Gasteiger partial charge in [-0.05, 0) is 31.9 Å². The summed E-state index contributed by atoms with van der Waals surface area (Å²) >= 11 is 12.1. The van der Waals surface area contributed by atoms with Crippen molar-refractivity contribution in [2.75, 3.05) is 31.5 Å². The predicted octanol–water partition coefficient (Wildman–Crippen LogP) is 2.87. The van der Waals surface area contributed by atoms with Crippen molar-refractivity contribution in [3.05, 3.63) is 28.2 Å². The molecule has 1 aliphatic heterocycles. The number of amides is 2. The van der Waals surface area contributed by atoms with Gasteiger partial charge in [0.25, 0.3) is 0 Å². The number of hydrogen-bond acceptors (Lipinski definition) is 3. The average molecular weight is 370 g/mol. The number of anilines is 1. The highest BCUT2D eigenvalue weighted by atomic mass is 35.5. The lowest BCUT2D eigenvalue weighted by Crippen LogP contribution is -2.54. The van der Waals surface area contributed by atoms with E-state index in [2.05, 4.69) is 10.2 Å². The number of halogens is 2. The van der Waals surface area contributed by atoms with E-state index >= 15 is 0 Å². The van der Waals surface area contributed by atoms with Crippen LogP contribution in [0, 0.1) is 5.92 Å². The van der Waals surface area contributed by atoms with Gasteiger partial charge in [0.15, 0.2) is 0 Å². The molecule has 2 fully saturated rings. The molecule has 5 nitrogen and oxygen atoms in total. The van der Waals surface area contributed by atoms with Gasteiger partial charge < -0.3 is 10.2 Å². The van der Waals surface area contributed by atoms with Crippen LogP contribution in [0.5, 0.6) is 0 Å². The quantitative estimate of drug-likeness (QED) is 0.887. The third-order valence-corrected chi connectivity index (χ3v) is 5.51. The molecule has 1 saturated heterocycles. The van der Waals surface area contributed by atoms with Crippen molar-refractivity contribution in [2.24, 2.45) is 5.92 Å². The lowest BCUT2D eigenvalue weighted by Gasteiger charge is -2.37. The molecule has 24 heavy (non-hydrogen) atoms. The first-order valence-corrected chi connectivity index (χ1v) is 9.00. The molecule has 0 spiro atoms. The molecule has 1 aromatic carbocycles. The Labute approximate surface area is 151 Å². The zero-order chi connectivity index (χ0) is 17.3. The molecule has 1 saturated carbocycles. The summed E-state index contributed by atoms with van der Waals surface area (Å²) < 4.78 is 0. The topological polar surface area (TPSA) is 52.7 Å². The minimum absolute atomic E-state index is 0.124. The molecule has 0 bridgehead atoms. The number of nitrogens with one attached hydrogen (secondary N) is 1. The molecular formula is C17H21Cl2N3O2. The monoisotopic (exact) mass is 369 g/mol. The Morgan fingerprint density at radius 1 is 1.17 bits per heavy atom. The Hall–Kier alpha value is -1.30. The SMILES string of the molecule is C[C@H](C(=O)Nc1cccc(Cl)c1Cl)N1CCN(C(=O)C2CC2)CC1. The molecule has 3 rings (SSSR count). The fourth-order valence-corrected chi connectivity index (χ4v) is 3.27. The molecule has 1 aromatic rings. The van der Waals surface area contributed by atoms with Crippen molar-refractivity contribution >= 4 is 40.7 Å². The zero-order valence-corrected chi connectivity index (χ0v) is 15.1. The number of rotatable bonds is 4. The van der Waals surface area contributed by atoms with Crippen LogP contribution >= 0.6 is 23.2 Å². The normalized spacial score (nSPS) is 19.9. The van der Waals surface area contributed by atoms with Gasteiger partial charge in [-0.3, -0.25) is 14.5 Å². The Bertz CT molecular complexity index is 641. The highest BCUT2D eigenvalue weighted by Gasteiger charge is 2.35. The second kappa shape index (κ2) is 7.30. The highest BCUT2D eigenvalue weighted by molar-refractivity contribution is 6.44. The van der Waals surface area contributed by atoms with Crippen LogP contribution in [0.2, 0.25) is 10.0 Å². The van der Waals surface area contributed by atoms with Gasteiger partial charge in [-0.25, -0.2) is 0 Å². The Morgan fingerprint density at radius 2 is 1.83 bits per heavy atom. The largest absolute Gasteiger partial charge is 0.340 e. The Balaban J connectivity index is 1.54. The number of benzene rings is 1. The van der Waals surface area contributed by atoms with Crippen LogP contribution in [0.4, 0.5) is 5.69 Å². The van der Waals surface area contributed by atoms with Crippen LogP contribution in [0.25, 0.3) is 0 Å². The second-order valence-corrected chi connectivity index (χ2v) is 7.19. The summed E-state index contributed by atoms with van der Waals surface area (Å²) in [4.78, 5) is 28.6. The summed E-state index contributed by atoms with van der Waals surface area (Å²) in [5, 5.41) is 3.59. The maximum atomic E-state index is 12.5. The van der Waals surface area contributed by atoms with Crippen molar-refractivity contribution in [3.63, 3.8) is 0 Å². The van der Waals surface area contributed by atoms with E-state index in [9.17, 15) is 9.59 Å². The fourth-order valence-electron chi connectivity index (χ4n) is 2.92. The summed E-state index contributed by atoms with van der Waals surface area (Å²) in [6.07, 6.45) is 2.05. The summed E-state index contributed by atoms with van der Waals surface area (Å²) in [5.74, 6) is 0.404. The minimum atomic E-state index is -0.293. The van der Waals surface area contributed by atoms with E-state index in [0.29, 0.717) is 41.9 Å². The molecular weight excluding hydrogens is 349 g/mol. The number of hydrogen-bond donors (Lipinski definition) is 1. The molecule has 7 heteroatoms. The molecule has 1 N–H and O–H groups in total. The first-order chi connectivity index (χ1) is 11.5. The van der Waals surface area contributed by atoms with Crippen LogP contribution in [0.1, 0.15) is 19.8 Å². The molecule has 130 valence electrons. The van der Waals surface area contributed by atoms with Crippen LogP contribution in [0.3, 0.4) is 0 Å². The number of carbonyl (C=O) groups excluding carboxylic acids is 2. The summed E-state index contributed by atoms with van der Waals surface area (Å²) in [5.41, 5.74) is 0.517. The summed E-state index contributed by atoms with van der Waals surface area (Å²) in [6.45, 7) is 4.65. The van der Waals surface area contributed by atoms with E-state index < -0.39 is 0 Å². The minimum Gasteiger partial charge on any atom is -0.340 e. The molecule has 2 aliphatic rings. The van der Waals surface area contributed by atoms with Crippen LogP contribution in [0.15, 0.2) is 18.2 Å². The molecule has 1 atom stereocenters. The van der Waals surface area contributed by atoms with Gasteiger partial charge in [-0.2, -0.15) is 0 Å². The van der Waals surface area contributed by atoms with Crippen LogP contribution in [-0.2, 0) is 9.59 Å². The first-order valence-electron chi connectivity index (χ1n) is 8.25. The maximum Gasteiger partial charge on any atom is 0.241 e. The van der Waals surface area contributed by atoms with Gasteiger partial charge in [-0.15, -0.1) is 0 Å². The van der Waals surface area contributed by atoms with E-state index in [1.54, 1.807) is 18.2 Å². The van der Waals surface area contributed by atoms with Crippen molar-refractivity contribution in [1.82, 2.24) is 9.80 Å². The van der Waals surface area contributed by atoms with Gasteiger partial charge in [0.2, 0.25) is 11.8 Å². The summed E-state index contributed by atoms with van der Waals surface area (Å²) in [6, 6.07) is 4.86. The summed E-state index contributed by atoms with van der Waals surface area (Å²) in [7, 11) is 0. The van der Waals surface area contributed by atoms with E-state index in [-0.39, 0.29) is 23.8 Å². The standard InChI is InChI=1S/C17H21Cl2N3O2/c1-11(16(23)20-14-4-2-3-13(18)15(14)19)21-7-9-22(10-8-21)17(24)12-5-6-12/h2-4,11-12H,5-10H2,1H3,(H,20,23)/t11-/m1/s1. The van der Waals surface area contributed by atoms with E-state index in [1.807, 2.05) is 11.8 Å². The van der Waals surface area contributed by atoms with Gasteiger partial charge >= 0.3 is 0 Å². The molecule has 0 radical (unpaired) electrons. The maximum absolute atomic E-state index is 12.5. The smallest absolute Gasteiger partial charge is 0.241 e. The van der Waals surface area contributed by atoms with E-state index in [1.165, 1.54) is 0 Å². The van der Waals surface area contributed by atoms with Crippen molar-refractivity contribution in [3.8, 4) is 0 Å². The van der Waals surface area contributed by atoms with Gasteiger partial charge in [0.1, 0.15) is 0 Å². The molecule has 0 unspecified atom stereocenters. The number of carbonyl (C=O) groups is 2. The number of nitrogens with zero attached hydrogens (tertiary/aromatic N) is 2. The zero-order valence-electron chi connectivity index (χ0n) is 13.6. The molecule has 2 amide bonds. The molecule has 1 aliphatic carbocycles. The van der Waals surface area contributed by atoms with E-state index in [4.69, 9.17) is 23.2 Å². The third-order valence-electron chi connectivity index (χ3n) is 4.69. The van der Waals surface area contributed by atoms with Crippen molar-refractivity contribution < 1.29 is 9.59 Å². The van der Waals surface area contributed by atoms with Crippen molar-refractivity contribution in [1.29, 1.82) is 0 Å².